The van der Waals surface area contributed by atoms with Crippen LogP contribution in [0.1, 0.15) is 78.7 Å². The average Bonchev–Trinajstić information content (AvgIpc) is 2.60. The Kier molecular flexibility index (Phi) is 6.60. The minimum Gasteiger partial charge on any atom is -0.203 e. The molecule has 2 aliphatic carbocycles. The Morgan fingerprint density at radius 3 is 2.00 bits per heavy atom. The highest BCUT2D eigenvalue weighted by Gasteiger charge is 2.31. The van der Waals surface area contributed by atoms with Gasteiger partial charge < -0.3 is 0 Å². The fourth-order valence-electron chi connectivity index (χ4n) is 4.73. The van der Waals surface area contributed by atoms with Crippen molar-refractivity contribution < 1.29 is 11.6 Å². The maximum absolute atomic E-state index is 14.2. The molecule has 0 aliphatic heterocycles. The zero-order valence-corrected chi connectivity index (χ0v) is 14.2. The molecule has 138 valence electrons. The smallest absolute Gasteiger partial charge is 0.162 e. The standard InChI is InChI=1S/C21H28F2.CH4.2H2/c1-3-15-5-7-16(8-6-15)17-9-11-18(12-10-17)19-13-4-14(2)20(22)21(19)23;;;/h3-4,13,15-18H,1,5-12H2,2H3;1H4;2*1H. The molecule has 0 saturated heterocycles. The lowest BCUT2D eigenvalue weighted by atomic mass is 9.68. The summed E-state index contributed by atoms with van der Waals surface area (Å²) in [6.07, 6.45) is 11.7. The lowest BCUT2D eigenvalue weighted by molar-refractivity contribution is 0.170. The third kappa shape index (κ3) is 3.90. The fraction of sp³-hybridized carbons (Fsp3) is 0.636. The van der Waals surface area contributed by atoms with Crippen LogP contribution in [0.4, 0.5) is 8.78 Å². The second-order valence-electron chi connectivity index (χ2n) is 7.62. The van der Waals surface area contributed by atoms with E-state index in [4.69, 9.17) is 0 Å². The van der Waals surface area contributed by atoms with E-state index in [1.54, 1.807) is 19.1 Å². The molecular formula is C22H36F2. The van der Waals surface area contributed by atoms with Crippen molar-refractivity contribution in [2.45, 2.75) is 71.6 Å². The summed E-state index contributed by atoms with van der Waals surface area (Å²) in [5.41, 5.74) is 1.00. The van der Waals surface area contributed by atoms with Gasteiger partial charge in [-0.3, -0.25) is 0 Å². The minimum atomic E-state index is -0.660. The van der Waals surface area contributed by atoms with Gasteiger partial charge in [0.25, 0.3) is 0 Å². The molecular weight excluding hydrogens is 302 g/mol. The Morgan fingerprint density at radius 2 is 1.46 bits per heavy atom. The van der Waals surface area contributed by atoms with Gasteiger partial charge >= 0.3 is 0 Å². The molecule has 0 unspecified atom stereocenters. The maximum Gasteiger partial charge on any atom is 0.162 e. The van der Waals surface area contributed by atoms with Crippen molar-refractivity contribution >= 4 is 0 Å². The molecule has 24 heavy (non-hydrogen) atoms. The normalized spacial score (nSPS) is 30.5. The molecule has 2 saturated carbocycles. The molecule has 0 N–H and O–H groups in total. The van der Waals surface area contributed by atoms with Gasteiger partial charge in [-0.2, -0.15) is 0 Å². The third-order valence-corrected chi connectivity index (χ3v) is 6.33. The third-order valence-electron chi connectivity index (χ3n) is 6.33. The largest absolute Gasteiger partial charge is 0.203 e. The molecule has 1 aromatic rings. The first-order chi connectivity index (χ1) is 11.1. The number of halogens is 2. The predicted octanol–water partition coefficient (Wildman–Crippen LogP) is 7.67. The van der Waals surface area contributed by atoms with Gasteiger partial charge in [0.1, 0.15) is 0 Å². The van der Waals surface area contributed by atoms with E-state index in [1.807, 2.05) is 0 Å². The Morgan fingerprint density at radius 1 is 0.917 bits per heavy atom. The van der Waals surface area contributed by atoms with E-state index in [-0.39, 0.29) is 16.2 Å². The van der Waals surface area contributed by atoms with Crippen LogP contribution < -0.4 is 0 Å². The molecule has 2 fully saturated rings. The summed E-state index contributed by atoms with van der Waals surface area (Å²) in [6.45, 7) is 5.54. The maximum atomic E-state index is 14.2. The number of hydrogen-bond acceptors (Lipinski definition) is 0. The molecule has 0 heterocycles. The van der Waals surface area contributed by atoms with Crippen molar-refractivity contribution in [2.75, 3.05) is 0 Å². The van der Waals surface area contributed by atoms with E-state index in [0.717, 1.165) is 24.7 Å². The number of hydrogen-bond donors (Lipinski definition) is 0. The van der Waals surface area contributed by atoms with Crippen LogP contribution in [0.25, 0.3) is 0 Å². The quantitative estimate of drug-likeness (QED) is 0.496. The Labute approximate surface area is 149 Å². The van der Waals surface area contributed by atoms with Crippen molar-refractivity contribution in [1.82, 2.24) is 0 Å². The van der Waals surface area contributed by atoms with Crippen molar-refractivity contribution in [3.05, 3.63) is 47.5 Å². The van der Waals surface area contributed by atoms with E-state index >= 15 is 0 Å². The summed E-state index contributed by atoms with van der Waals surface area (Å²) in [5, 5.41) is 0. The van der Waals surface area contributed by atoms with E-state index in [0.29, 0.717) is 17.0 Å². The summed E-state index contributed by atoms with van der Waals surface area (Å²) in [5.74, 6) is 1.27. The highest BCUT2D eigenvalue weighted by Crippen LogP contribution is 2.44. The molecule has 0 spiro atoms. The fourth-order valence-corrected chi connectivity index (χ4v) is 4.73. The van der Waals surface area contributed by atoms with E-state index in [1.165, 1.54) is 38.5 Å². The number of rotatable bonds is 3. The number of allylic oxidation sites excluding steroid dienone is 1. The topological polar surface area (TPSA) is 0 Å². The average molecular weight is 339 g/mol. The van der Waals surface area contributed by atoms with Gasteiger partial charge in [0.2, 0.25) is 0 Å². The van der Waals surface area contributed by atoms with Crippen molar-refractivity contribution in [1.29, 1.82) is 0 Å². The predicted molar refractivity (Wildman–Crippen MR) is 102 cm³/mol. The summed E-state index contributed by atoms with van der Waals surface area (Å²) < 4.78 is 28.0. The van der Waals surface area contributed by atoms with Gasteiger partial charge in [0.15, 0.2) is 11.6 Å². The van der Waals surface area contributed by atoms with Crippen molar-refractivity contribution in [3.8, 4) is 0 Å². The van der Waals surface area contributed by atoms with Gasteiger partial charge in [0, 0.05) is 2.85 Å². The Hall–Kier alpha value is -1.18. The molecule has 0 radical (unpaired) electrons. The summed E-state index contributed by atoms with van der Waals surface area (Å²) in [4.78, 5) is 0. The number of aryl methyl sites for hydroxylation is 1. The van der Waals surface area contributed by atoms with E-state index in [2.05, 4.69) is 12.7 Å². The molecule has 2 aliphatic rings. The molecule has 0 atom stereocenters. The number of benzene rings is 1. The SMILES string of the molecule is C.C=CC1CCC(C2CCC(c3ccc(C)c(F)c3F)CC2)CC1.[HH].[HH]. The highest BCUT2D eigenvalue weighted by molar-refractivity contribution is 5.28. The van der Waals surface area contributed by atoms with Crippen LogP contribution in [-0.2, 0) is 0 Å². The minimum absolute atomic E-state index is 0. The van der Waals surface area contributed by atoms with Crippen LogP contribution in [-0.4, -0.2) is 0 Å². The molecule has 2 heteroatoms. The molecule has 0 nitrogen and oxygen atoms in total. The summed E-state index contributed by atoms with van der Waals surface area (Å²) in [7, 11) is 0. The van der Waals surface area contributed by atoms with E-state index in [9.17, 15) is 8.78 Å². The molecule has 1 aromatic carbocycles. The first-order valence-corrected chi connectivity index (χ1v) is 9.17. The lowest BCUT2D eigenvalue weighted by Gasteiger charge is -2.37. The van der Waals surface area contributed by atoms with Gasteiger partial charge in [-0.25, -0.2) is 8.78 Å². The van der Waals surface area contributed by atoms with Crippen molar-refractivity contribution in [3.63, 3.8) is 0 Å². The second-order valence-corrected chi connectivity index (χ2v) is 7.62. The van der Waals surface area contributed by atoms with Crippen molar-refractivity contribution in [2.24, 2.45) is 17.8 Å². The summed E-state index contributed by atoms with van der Waals surface area (Å²) >= 11 is 0. The Bertz CT molecular complexity index is 558. The first kappa shape index (κ1) is 19.1. The van der Waals surface area contributed by atoms with Crippen LogP contribution in [0.15, 0.2) is 24.8 Å². The molecule has 3 rings (SSSR count). The van der Waals surface area contributed by atoms with Crippen LogP contribution in [0.5, 0.6) is 0 Å². The van der Waals surface area contributed by atoms with Crippen LogP contribution in [0, 0.1) is 36.3 Å². The lowest BCUT2D eigenvalue weighted by Crippen LogP contribution is -2.25. The molecule has 0 amide bonds. The first-order valence-electron chi connectivity index (χ1n) is 9.17. The van der Waals surface area contributed by atoms with E-state index < -0.39 is 11.6 Å². The zero-order valence-electron chi connectivity index (χ0n) is 14.2. The monoisotopic (exact) mass is 338 g/mol. The van der Waals surface area contributed by atoms with Gasteiger partial charge in [-0.05, 0) is 93.1 Å². The van der Waals surface area contributed by atoms with Gasteiger partial charge in [-0.15, -0.1) is 6.58 Å². The highest BCUT2D eigenvalue weighted by atomic mass is 19.2. The zero-order chi connectivity index (χ0) is 16.4. The van der Waals surface area contributed by atoms with Gasteiger partial charge in [-0.1, -0.05) is 25.6 Å². The Balaban J connectivity index is 0.00000208. The molecule has 0 aromatic heterocycles. The van der Waals surface area contributed by atoms with Gasteiger partial charge in [0.05, 0.1) is 0 Å². The van der Waals surface area contributed by atoms with Crippen LogP contribution >= 0.6 is 0 Å². The summed E-state index contributed by atoms with van der Waals surface area (Å²) in [6, 6.07) is 3.52. The van der Waals surface area contributed by atoms with Crippen LogP contribution in [0.3, 0.4) is 0 Å². The second kappa shape index (κ2) is 8.27. The van der Waals surface area contributed by atoms with Crippen LogP contribution in [0.2, 0.25) is 0 Å². The molecule has 0 bridgehead atoms.